The number of pyridine rings is 1. The van der Waals surface area contributed by atoms with Crippen LogP contribution in [-0.4, -0.2) is 26.6 Å². The molecule has 3 aromatic rings. The lowest BCUT2D eigenvalue weighted by Gasteiger charge is -2.15. The van der Waals surface area contributed by atoms with Crippen molar-refractivity contribution < 1.29 is 13.9 Å². The van der Waals surface area contributed by atoms with Crippen molar-refractivity contribution in [2.24, 2.45) is 14.1 Å². The minimum atomic E-state index is -0.546. The first kappa shape index (κ1) is 19.3. The number of amides is 1. The maximum atomic E-state index is 12.9. The summed E-state index contributed by atoms with van der Waals surface area (Å²) in [6, 6.07) is 5.27. The van der Waals surface area contributed by atoms with Crippen LogP contribution in [0.3, 0.4) is 0 Å². The van der Waals surface area contributed by atoms with Gasteiger partial charge in [0.05, 0.1) is 5.69 Å². The first-order chi connectivity index (χ1) is 13.3. The molecular formula is C19H19FN4O4. The molecule has 0 fully saturated rings. The van der Waals surface area contributed by atoms with Crippen LogP contribution in [0, 0.1) is 5.82 Å². The lowest BCUT2D eigenvalue weighted by molar-refractivity contribution is -0.118. The Morgan fingerprint density at radius 3 is 2.50 bits per heavy atom. The highest BCUT2D eigenvalue weighted by molar-refractivity contribution is 6.01. The van der Waals surface area contributed by atoms with Gasteiger partial charge in [-0.05, 0) is 36.2 Å². The van der Waals surface area contributed by atoms with Crippen LogP contribution in [0.4, 0.5) is 10.1 Å². The minimum Gasteiger partial charge on any atom is -0.484 e. The largest absolute Gasteiger partial charge is 0.484 e. The van der Waals surface area contributed by atoms with Crippen molar-refractivity contribution in [2.75, 3.05) is 11.9 Å². The number of rotatable bonds is 5. The van der Waals surface area contributed by atoms with Gasteiger partial charge in [-0.3, -0.25) is 18.7 Å². The van der Waals surface area contributed by atoms with E-state index in [1.165, 1.54) is 49.1 Å². The third-order valence-electron chi connectivity index (χ3n) is 4.38. The molecule has 28 heavy (non-hydrogen) atoms. The first-order valence-corrected chi connectivity index (χ1v) is 8.59. The fraction of sp³-hybridized carbons (Fsp3) is 0.263. The van der Waals surface area contributed by atoms with E-state index >= 15 is 0 Å². The fourth-order valence-electron chi connectivity index (χ4n) is 2.83. The number of nitrogens with one attached hydrogen (secondary N) is 1. The second-order valence-corrected chi connectivity index (χ2v) is 6.21. The Balaban J connectivity index is 1.97. The molecule has 3 rings (SSSR count). The van der Waals surface area contributed by atoms with Gasteiger partial charge in [-0.25, -0.2) is 14.2 Å². The van der Waals surface area contributed by atoms with Crippen LogP contribution in [-0.2, 0) is 25.3 Å². The number of ether oxygens (including phenoxy) is 1. The molecule has 0 aliphatic carbocycles. The number of carbonyl (C=O) groups excluding carboxylic acids is 1. The first-order valence-electron chi connectivity index (χ1n) is 8.59. The molecule has 0 unspecified atom stereocenters. The van der Waals surface area contributed by atoms with Gasteiger partial charge in [0.1, 0.15) is 17.0 Å². The number of hydrogen-bond acceptors (Lipinski definition) is 5. The van der Waals surface area contributed by atoms with Gasteiger partial charge < -0.3 is 10.1 Å². The van der Waals surface area contributed by atoms with E-state index in [-0.39, 0.29) is 17.6 Å². The number of anilines is 1. The fourth-order valence-corrected chi connectivity index (χ4v) is 2.83. The van der Waals surface area contributed by atoms with Crippen LogP contribution in [0.5, 0.6) is 5.75 Å². The molecule has 0 bridgehead atoms. The highest BCUT2D eigenvalue weighted by atomic mass is 19.1. The standard InChI is InChI=1S/C19H19FN4O4/c1-4-11-9-21-17-15(18(26)24(3)19(27)23(17)2)16(11)22-14(25)10-28-13-7-5-12(20)6-8-13/h5-9H,4,10H2,1-3H3,(H,21,22,25). The SMILES string of the molecule is CCc1cnc2c(c1NC(=O)COc1ccc(F)cc1)c(=O)n(C)c(=O)n2C. The normalized spacial score (nSPS) is 10.9. The molecule has 0 atom stereocenters. The average molecular weight is 386 g/mol. The van der Waals surface area contributed by atoms with Gasteiger partial charge in [0, 0.05) is 20.3 Å². The molecule has 9 heteroatoms. The molecule has 0 saturated carbocycles. The van der Waals surface area contributed by atoms with Crippen LogP contribution < -0.4 is 21.3 Å². The van der Waals surface area contributed by atoms with E-state index in [2.05, 4.69) is 10.3 Å². The molecule has 2 aromatic heterocycles. The van der Waals surface area contributed by atoms with Crippen molar-refractivity contribution in [1.29, 1.82) is 0 Å². The number of fused-ring (bicyclic) bond motifs is 1. The zero-order valence-corrected chi connectivity index (χ0v) is 15.7. The van der Waals surface area contributed by atoms with Crippen molar-refractivity contribution in [1.82, 2.24) is 14.1 Å². The van der Waals surface area contributed by atoms with Gasteiger partial charge in [0.2, 0.25) is 0 Å². The predicted octanol–water partition coefficient (Wildman–Crippen LogP) is 1.35. The number of halogens is 1. The van der Waals surface area contributed by atoms with E-state index in [0.717, 1.165) is 4.57 Å². The highest BCUT2D eigenvalue weighted by Crippen LogP contribution is 2.23. The molecule has 1 amide bonds. The van der Waals surface area contributed by atoms with Crippen molar-refractivity contribution in [3.8, 4) is 5.75 Å². The lowest BCUT2D eigenvalue weighted by atomic mass is 10.1. The highest BCUT2D eigenvalue weighted by Gasteiger charge is 2.18. The quantitative estimate of drug-likeness (QED) is 0.714. The molecule has 146 valence electrons. The Morgan fingerprint density at radius 1 is 1.18 bits per heavy atom. The maximum absolute atomic E-state index is 12.9. The number of benzene rings is 1. The van der Waals surface area contributed by atoms with E-state index in [1.54, 1.807) is 0 Å². The summed E-state index contributed by atoms with van der Waals surface area (Å²) < 4.78 is 20.5. The Bertz CT molecular complexity index is 1170. The number of hydrogen-bond donors (Lipinski definition) is 1. The van der Waals surface area contributed by atoms with Gasteiger partial charge in [0.25, 0.3) is 11.5 Å². The topological polar surface area (TPSA) is 95.2 Å². The summed E-state index contributed by atoms with van der Waals surface area (Å²) in [7, 11) is 2.87. The van der Waals surface area contributed by atoms with Crippen LogP contribution in [0.15, 0.2) is 40.1 Å². The van der Waals surface area contributed by atoms with E-state index in [4.69, 9.17) is 4.74 Å². The van der Waals surface area contributed by atoms with Crippen molar-refractivity contribution in [3.63, 3.8) is 0 Å². The second kappa shape index (κ2) is 7.63. The van der Waals surface area contributed by atoms with Crippen LogP contribution in [0.1, 0.15) is 12.5 Å². The average Bonchev–Trinajstić information content (AvgIpc) is 2.70. The molecule has 1 N–H and O–H groups in total. The molecule has 0 radical (unpaired) electrons. The van der Waals surface area contributed by atoms with Gasteiger partial charge in [-0.15, -0.1) is 0 Å². The van der Waals surface area contributed by atoms with Gasteiger partial charge in [0.15, 0.2) is 12.3 Å². The Hall–Kier alpha value is -3.49. The number of aryl methyl sites for hydroxylation is 2. The van der Waals surface area contributed by atoms with Crippen molar-refractivity contribution >= 4 is 22.6 Å². The zero-order valence-electron chi connectivity index (χ0n) is 15.7. The summed E-state index contributed by atoms with van der Waals surface area (Å²) in [5.41, 5.74) is 0.0802. The Labute approximate surface area is 159 Å². The Morgan fingerprint density at radius 2 is 1.86 bits per heavy atom. The number of aromatic nitrogens is 3. The number of carbonyl (C=O) groups is 1. The molecule has 0 spiro atoms. The molecule has 8 nitrogen and oxygen atoms in total. The van der Waals surface area contributed by atoms with Crippen molar-refractivity contribution in [2.45, 2.75) is 13.3 Å². The summed E-state index contributed by atoms with van der Waals surface area (Å²) in [6.07, 6.45) is 2.04. The van der Waals surface area contributed by atoms with Crippen LogP contribution >= 0.6 is 0 Å². The zero-order chi connectivity index (χ0) is 20.4. The molecule has 0 aliphatic rings. The molecular weight excluding hydrogens is 367 g/mol. The van der Waals surface area contributed by atoms with Gasteiger partial charge >= 0.3 is 5.69 Å². The van der Waals surface area contributed by atoms with Crippen LogP contribution in [0.2, 0.25) is 0 Å². The van der Waals surface area contributed by atoms with E-state index in [1.807, 2.05) is 6.92 Å². The predicted molar refractivity (Wildman–Crippen MR) is 102 cm³/mol. The van der Waals surface area contributed by atoms with Gasteiger partial charge in [-0.2, -0.15) is 0 Å². The monoisotopic (exact) mass is 386 g/mol. The lowest BCUT2D eigenvalue weighted by Crippen LogP contribution is -2.38. The van der Waals surface area contributed by atoms with Crippen molar-refractivity contribution in [3.05, 3.63) is 62.7 Å². The van der Waals surface area contributed by atoms with E-state index in [0.29, 0.717) is 23.4 Å². The Kier molecular flexibility index (Phi) is 5.25. The molecule has 0 aliphatic heterocycles. The molecule has 2 heterocycles. The summed E-state index contributed by atoms with van der Waals surface area (Å²) in [6.45, 7) is 1.53. The summed E-state index contributed by atoms with van der Waals surface area (Å²) in [5, 5.41) is 2.85. The second-order valence-electron chi connectivity index (χ2n) is 6.21. The third kappa shape index (κ3) is 3.51. The third-order valence-corrected chi connectivity index (χ3v) is 4.38. The molecule has 0 saturated heterocycles. The van der Waals surface area contributed by atoms with E-state index in [9.17, 15) is 18.8 Å². The maximum Gasteiger partial charge on any atom is 0.332 e. The summed E-state index contributed by atoms with van der Waals surface area (Å²) in [5.74, 6) is -0.568. The number of nitrogens with zero attached hydrogens (tertiary/aromatic N) is 3. The summed E-state index contributed by atoms with van der Waals surface area (Å²) in [4.78, 5) is 41.4. The van der Waals surface area contributed by atoms with Gasteiger partial charge in [-0.1, -0.05) is 6.92 Å². The summed E-state index contributed by atoms with van der Waals surface area (Å²) >= 11 is 0. The van der Waals surface area contributed by atoms with Crippen LogP contribution in [0.25, 0.3) is 11.0 Å². The molecule has 1 aromatic carbocycles. The smallest absolute Gasteiger partial charge is 0.332 e. The minimum absolute atomic E-state index is 0.152. The van der Waals surface area contributed by atoms with E-state index < -0.39 is 23.0 Å².